The lowest BCUT2D eigenvalue weighted by atomic mass is 10.2. The van der Waals surface area contributed by atoms with Gasteiger partial charge in [0.2, 0.25) is 5.91 Å². The lowest BCUT2D eigenvalue weighted by molar-refractivity contribution is -0.115. The van der Waals surface area contributed by atoms with E-state index in [1.54, 1.807) is 6.92 Å². The van der Waals surface area contributed by atoms with Gasteiger partial charge in [-0.3, -0.25) is 4.79 Å². The first-order chi connectivity index (χ1) is 11.1. The number of hydrogen-bond donors (Lipinski definition) is 1. The molecule has 120 valence electrons. The Morgan fingerprint density at radius 1 is 1.22 bits per heavy atom. The molecule has 0 heterocycles. The molecule has 1 atom stereocenters. The van der Waals surface area contributed by atoms with Crippen LogP contribution in [0.25, 0.3) is 6.08 Å². The smallest absolute Gasteiger partial charge is 0.237 e. The summed E-state index contributed by atoms with van der Waals surface area (Å²) in [5.41, 5.74) is 0.953. The third-order valence-electron chi connectivity index (χ3n) is 3.11. The summed E-state index contributed by atoms with van der Waals surface area (Å²) in [4.78, 5) is 12.0. The molecule has 0 aliphatic heterocycles. The van der Waals surface area contributed by atoms with Gasteiger partial charge in [-0.25, -0.2) is 8.78 Å². The quantitative estimate of drug-likeness (QED) is 0.827. The second kappa shape index (κ2) is 8.48. The van der Waals surface area contributed by atoms with Crippen LogP contribution in [0.3, 0.4) is 0 Å². The Bertz CT molecular complexity index is 689. The van der Waals surface area contributed by atoms with Crippen LogP contribution in [0.2, 0.25) is 0 Å². The first-order valence-electron chi connectivity index (χ1n) is 7.15. The van der Waals surface area contributed by atoms with Gasteiger partial charge in [-0.15, -0.1) is 11.8 Å². The number of amides is 1. The molecule has 2 rings (SSSR count). The first-order valence-corrected chi connectivity index (χ1v) is 8.20. The van der Waals surface area contributed by atoms with Crippen molar-refractivity contribution in [2.75, 3.05) is 11.1 Å². The molecule has 23 heavy (non-hydrogen) atoms. The van der Waals surface area contributed by atoms with E-state index in [-0.39, 0.29) is 16.8 Å². The lowest BCUT2D eigenvalue weighted by Gasteiger charge is -2.11. The molecule has 1 unspecified atom stereocenters. The maximum Gasteiger partial charge on any atom is 0.237 e. The average molecular weight is 333 g/mol. The highest BCUT2D eigenvalue weighted by Crippen LogP contribution is 2.18. The van der Waals surface area contributed by atoms with E-state index in [0.29, 0.717) is 5.75 Å². The number of rotatable bonds is 6. The molecule has 0 spiro atoms. The van der Waals surface area contributed by atoms with E-state index in [4.69, 9.17) is 0 Å². The van der Waals surface area contributed by atoms with Crippen molar-refractivity contribution in [2.45, 2.75) is 12.2 Å². The van der Waals surface area contributed by atoms with Gasteiger partial charge < -0.3 is 5.32 Å². The summed E-state index contributed by atoms with van der Waals surface area (Å²) in [5, 5.41) is 2.03. The maximum atomic E-state index is 13.5. The van der Waals surface area contributed by atoms with Gasteiger partial charge in [-0.1, -0.05) is 42.5 Å². The van der Waals surface area contributed by atoms with E-state index in [1.165, 1.54) is 11.8 Å². The molecular weight excluding hydrogens is 316 g/mol. The summed E-state index contributed by atoms with van der Waals surface area (Å²) < 4.78 is 26.6. The zero-order valence-electron chi connectivity index (χ0n) is 12.6. The molecule has 0 aromatic heterocycles. The van der Waals surface area contributed by atoms with Crippen LogP contribution < -0.4 is 5.32 Å². The largest absolute Gasteiger partial charge is 0.323 e. The van der Waals surface area contributed by atoms with Crippen LogP contribution in [0, 0.1) is 11.6 Å². The van der Waals surface area contributed by atoms with E-state index in [1.807, 2.05) is 42.5 Å². The highest BCUT2D eigenvalue weighted by Gasteiger charge is 2.15. The van der Waals surface area contributed by atoms with Crippen molar-refractivity contribution in [2.24, 2.45) is 0 Å². The van der Waals surface area contributed by atoms with Crippen LogP contribution in [0.4, 0.5) is 14.5 Å². The molecule has 0 radical (unpaired) electrons. The number of carbonyl (C=O) groups is 1. The fourth-order valence-corrected chi connectivity index (χ4v) is 2.56. The zero-order chi connectivity index (χ0) is 16.7. The van der Waals surface area contributed by atoms with Gasteiger partial charge in [0.1, 0.15) is 11.6 Å². The topological polar surface area (TPSA) is 29.1 Å². The van der Waals surface area contributed by atoms with Crippen LogP contribution in [0.15, 0.2) is 54.6 Å². The summed E-state index contributed by atoms with van der Waals surface area (Å²) in [7, 11) is 0. The van der Waals surface area contributed by atoms with Gasteiger partial charge in [0.25, 0.3) is 0 Å². The number of halogens is 2. The summed E-state index contributed by atoms with van der Waals surface area (Å²) in [6.07, 6.45) is 3.94. The Balaban J connectivity index is 1.83. The van der Waals surface area contributed by atoms with Crippen LogP contribution in [0.1, 0.15) is 12.5 Å². The van der Waals surface area contributed by atoms with Crippen LogP contribution in [0.5, 0.6) is 0 Å². The van der Waals surface area contributed by atoms with Crippen molar-refractivity contribution < 1.29 is 13.6 Å². The van der Waals surface area contributed by atoms with Crippen molar-refractivity contribution in [1.29, 1.82) is 0 Å². The summed E-state index contributed by atoms with van der Waals surface area (Å²) >= 11 is 1.42. The third-order valence-corrected chi connectivity index (χ3v) is 4.21. The zero-order valence-corrected chi connectivity index (χ0v) is 13.4. The molecule has 2 aromatic carbocycles. The Kier molecular flexibility index (Phi) is 6.35. The Morgan fingerprint density at radius 3 is 2.70 bits per heavy atom. The molecular formula is C18H17F2NOS. The van der Waals surface area contributed by atoms with Crippen molar-refractivity contribution >= 4 is 29.4 Å². The van der Waals surface area contributed by atoms with Crippen molar-refractivity contribution in [1.82, 2.24) is 0 Å². The fraction of sp³-hybridized carbons (Fsp3) is 0.167. The molecule has 1 N–H and O–H groups in total. The SMILES string of the molecule is CC(SC/C=C/c1ccccc1)C(=O)Nc1cc(F)ccc1F. The van der Waals surface area contributed by atoms with Gasteiger partial charge in [-0.2, -0.15) is 0 Å². The third kappa shape index (κ3) is 5.53. The summed E-state index contributed by atoms with van der Waals surface area (Å²) in [5.74, 6) is -0.948. The highest BCUT2D eigenvalue weighted by molar-refractivity contribution is 8.00. The van der Waals surface area contributed by atoms with E-state index in [9.17, 15) is 13.6 Å². The van der Waals surface area contributed by atoms with E-state index < -0.39 is 11.6 Å². The van der Waals surface area contributed by atoms with E-state index >= 15 is 0 Å². The highest BCUT2D eigenvalue weighted by atomic mass is 32.2. The minimum atomic E-state index is -0.652. The molecule has 0 saturated heterocycles. The predicted octanol–water partition coefficient (Wildman–Crippen LogP) is 4.74. The monoisotopic (exact) mass is 333 g/mol. The van der Waals surface area contributed by atoms with E-state index in [0.717, 1.165) is 23.8 Å². The van der Waals surface area contributed by atoms with Gasteiger partial charge in [0.15, 0.2) is 0 Å². The van der Waals surface area contributed by atoms with Gasteiger partial charge >= 0.3 is 0 Å². The molecule has 0 saturated carbocycles. The standard InChI is InChI=1S/C18H17F2NOS/c1-13(23-11-5-8-14-6-3-2-4-7-14)18(22)21-17-12-15(19)9-10-16(17)20/h2-10,12-13H,11H2,1H3,(H,21,22)/b8-5+. The molecule has 0 bridgehead atoms. The van der Waals surface area contributed by atoms with Crippen molar-refractivity contribution in [3.05, 3.63) is 71.8 Å². The first kappa shape index (κ1) is 17.2. The van der Waals surface area contributed by atoms with Gasteiger partial charge in [0, 0.05) is 11.8 Å². The number of nitrogens with one attached hydrogen (secondary N) is 1. The fourth-order valence-electron chi connectivity index (χ4n) is 1.85. The molecule has 0 fully saturated rings. The van der Waals surface area contributed by atoms with E-state index in [2.05, 4.69) is 5.32 Å². The lowest BCUT2D eigenvalue weighted by Crippen LogP contribution is -2.23. The average Bonchev–Trinajstić information content (AvgIpc) is 2.55. The van der Waals surface area contributed by atoms with Crippen LogP contribution >= 0.6 is 11.8 Å². The van der Waals surface area contributed by atoms with Crippen molar-refractivity contribution in [3.8, 4) is 0 Å². The number of anilines is 1. The molecule has 2 nitrogen and oxygen atoms in total. The Labute approximate surface area is 138 Å². The Hall–Kier alpha value is -2.14. The summed E-state index contributed by atoms with van der Waals surface area (Å²) in [6.45, 7) is 1.73. The minimum Gasteiger partial charge on any atom is -0.323 e. The summed E-state index contributed by atoms with van der Waals surface area (Å²) in [6, 6.07) is 12.8. The maximum absolute atomic E-state index is 13.5. The second-order valence-electron chi connectivity index (χ2n) is 4.90. The number of hydrogen-bond acceptors (Lipinski definition) is 2. The Morgan fingerprint density at radius 2 is 1.96 bits per heavy atom. The van der Waals surface area contributed by atoms with Crippen LogP contribution in [-0.4, -0.2) is 16.9 Å². The molecule has 0 aliphatic carbocycles. The van der Waals surface area contributed by atoms with Gasteiger partial charge in [0.05, 0.1) is 10.9 Å². The van der Waals surface area contributed by atoms with Crippen LogP contribution in [-0.2, 0) is 4.79 Å². The normalized spacial score (nSPS) is 12.3. The number of benzene rings is 2. The molecule has 1 amide bonds. The number of thioether (sulfide) groups is 1. The minimum absolute atomic E-state index is 0.137. The molecule has 2 aromatic rings. The predicted molar refractivity (Wildman–Crippen MR) is 92.4 cm³/mol. The number of carbonyl (C=O) groups excluding carboxylic acids is 1. The van der Waals surface area contributed by atoms with Gasteiger partial charge in [-0.05, 0) is 24.6 Å². The second-order valence-corrected chi connectivity index (χ2v) is 6.28. The van der Waals surface area contributed by atoms with Crippen molar-refractivity contribution in [3.63, 3.8) is 0 Å². The molecule has 0 aliphatic rings. The molecule has 5 heteroatoms.